The first-order valence-corrected chi connectivity index (χ1v) is 6.76. The molecule has 0 spiro atoms. The van der Waals surface area contributed by atoms with Crippen LogP contribution in [0.15, 0.2) is 48.8 Å². The van der Waals surface area contributed by atoms with Crippen molar-refractivity contribution in [3.8, 4) is 0 Å². The van der Waals surface area contributed by atoms with E-state index in [1.165, 1.54) is 17.7 Å². The zero-order chi connectivity index (χ0) is 15.1. The molecule has 1 heterocycles. The normalized spacial score (nSPS) is 10.6. The second-order valence-electron chi connectivity index (χ2n) is 4.90. The fourth-order valence-electron chi connectivity index (χ4n) is 1.96. The monoisotopic (exact) mass is 287 g/mol. The molecule has 1 N–H and O–H groups in total. The highest BCUT2D eigenvalue weighted by molar-refractivity contribution is 5.92. The zero-order valence-electron chi connectivity index (χ0n) is 11.9. The molecule has 21 heavy (non-hydrogen) atoms. The van der Waals surface area contributed by atoms with Gasteiger partial charge >= 0.3 is 0 Å². The number of rotatable bonds is 6. The summed E-state index contributed by atoms with van der Waals surface area (Å²) in [5, 5.41) is 2.68. The number of carbonyl (C=O) groups is 1. The maximum Gasteiger partial charge on any atom is 0.238 e. The van der Waals surface area contributed by atoms with Crippen LogP contribution in [0.5, 0.6) is 0 Å². The minimum absolute atomic E-state index is 0.155. The molecule has 2 rings (SSSR count). The van der Waals surface area contributed by atoms with Gasteiger partial charge in [0.1, 0.15) is 5.82 Å². The quantitative estimate of drug-likeness (QED) is 0.887. The van der Waals surface area contributed by atoms with Crippen LogP contribution in [0.25, 0.3) is 0 Å². The largest absolute Gasteiger partial charge is 0.325 e. The summed E-state index contributed by atoms with van der Waals surface area (Å²) in [6.07, 6.45) is 4.37. The molecule has 0 unspecified atom stereocenters. The Morgan fingerprint density at radius 1 is 1.29 bits per heavy atom. The summed E-state index contributed by atoms with van der Waals surface area (Å²) in [4.78, 5) is 17.8. The second kappa shape index (κ2) is 7.50. The fourth-order valence-corrected chi connectivity index (χ4v) is 1.96. The molecule has 1 aromatic carbocycles. The molecule has 1 amide bonds. The van der Waals surface area contributed by atoms with Crippen LogP contribution in [0.3, 0.4) is 0 Å². The third-order valence-corrected chi connectivity index (χ3v) is 3.05. The van der Waals surface area contributed by atoms with Gasteiger partial charge < -0.3 is 5.32 Å². The Hall–Kier alpha value is -2.27. The highest BCUT2D eigenvalue weighted by atomic mass is 19.1. The van der Waals surface area contributed by atoms with Crippen LogP contribution in [-0.2, 0) is 11.2 Å². The lowest BCUT2D eigenvalue weighted by atomic mass is 10.2. The molecule has 0 radical (unpaired) electrons. The maximum atomic E-state index is 13.0. The van der Waals surface area contributed by atoms with Gasteiger partial charge in [0.25, 0.3) is 0 Å². The van der Waals surface area contributed by atoms with E-state index in [1.807, 2.05) is 24.1 Å². The van der Waals surface area contributed by atoms with Crippen LogP contribution in [0.2, 0.25) is 0 Å². The van der Waals surface area contributed by atoms with Gasteiger partial charge in [-0.15, -0.1) is 0 Å². The predicted molar refractivity (Wildman–Crippen MR) is 80.5 cm³/mol. The predicted octanol–water partition coefficient (Wildman–Crippen LogP) is 2.33. The van der Waals surface area contributed by atoms with Crippen molar-refractivity contribution in [2.45, 2.75) is 6.42 Å². The Balaban J connectivity index is 1.77. The third kappa shape index (κ3) is 5.31. The van der Waals surface area contributed by atoms with Crippen LogP contribution in [0.1, 0.15) is 5.56 Å². The van der Waals surface area contributed by atoms with Crippen LogP contribution >= 0.6 is 0 Å². The van der Waals surface area contributed by atoms with E-state index in [0.717, 1.165) is 13.0 Å². The van der Waals surface area contributed by atoms with E-state index in [-0.39, 0.29) is 18.3 Å². The molecule has 0 fully saturated rings. The van der Waals surface area contributed by atoms with Crippen molar-refractivity contribution in [1.29, 1.82) is 0 Å². The van der Waals surface area contributed by atoms with Gasteiger partial charge in [-0.1, -0.05) is 6.07 Å². The van der Waals surface area contributed by atoms with E-state index in [2.05, 4.69) is 10.3 Å². The topological polar surface area (TPSA) is 45.2 Å². The number of halogens is 1. The second-order valence-corrected chi connectivity index (χ2v) is 4.90. The standard InChI is InChI=1S/C16H18FN3O/c1-20(10-7-13-5-8-18-9-6-13)12-16(21)19-15-4-2-3-14(17)11-15/h2-6,8-9,11H,7,10,12H2,1H3,(H,19,21). The molecule has 0 saturated heterocycles. The first kappa shape index (κ1) is 15.1. The van der Waals surface area contributed by atoms with Crippen molar-refractivity contribution in [2.75, 3.05) is 25.5 Å². The number of nitrogens with one attached hydrogen (secondary N) is 1. The first-order valence-electron chi connectivity index (χ1n) is 6.76. The molecule has 0 saturated carbocycles. The Kier molecular flexibility index (Phi) is 5.40. The van der Waals surface area contributed by atoms with Gasteiger partial charge in [-0.25, -0.2) is 4.39 Å². The van der Waals surface area contributed by atoms with Crippen LogP contribution in [-0.4, -0.2) is 35.9 Å². The molecule has 0 aliphatic carbocycles. The van der Waals surface area contributed by atoms with Gasteiger partial charge in [-0.2, -0.15) is 0 Å². The number of pyridine rings is 1. The highest BCUT2D eigenvalue weighted by Crippen LogP contribution is 2.09. The Morgan fingerprint density at radius 3 is 2.76 bits per heavy atom. The molecule has 4 nitrogen and oxygen atoms in total. The van der Waals surface area contributed by atoms with Crippen molar-refractivity contribution in [2.24, 2.45) is 0 Å². The van der Waals surface area contributed by atoms with Gasteiger partial charge in [0, 0.05) is 24.6 Å². The van der Waals surface area contributed by atoms with Crippen LogP contribution < -0.4 is 5.32 Å². The number of likely N-dealkylation sites (N-methyl/N-ethyl adjacent to an activating group) is 1. The van der Waals surface area contributed by atoms with E-state index in [0.29, 0.717) is 5.69 Å². The summed E-state index contributed by atoms with van der Waals surface area (Å²) in [6.45, 7) is 1.03. The van der Waals surface area contributed by atoms with E-state index in [9.17, 15) is 9.18 Å². The molecule has 0 bridgehead atoms. The lowest BCUT2D eigenvalue weighted by molar-refractivity contribution is -0.117. The highest BCUT2D eigenvalue weighted by Gasteiger charge is 2.07. The molecule has 1 aromatic heterocycles. The molecule has 0 aliphatic rings. The van der Waals surface area contributed by atoms with Gasteiger partial charge in [-0.3, -0.25) is 14.7 Å². The van der Waals surface area contributed by atoms with Crippen molar-refractivity contribution in [3.05, 3.63) is 60.2 Å². The Bertz CT molecular complexity index is 589. The number of carbonyl (C=O) groups excluding carboxylic acids is 1. The summed E-state index contributed by atoms with van der Waals surface area (Å²) in [6, 6.07) is 9.79. The molecule has 0 aliphatic heterocycles. The SMILES string of the molecule is CN(CCc1ccncc1)CC(=O)Nc1cccc(F)c1. The van der Waals surface area contributed by atoms with Gasteiger partial charge in [0.2, 0.25) is 5.91 Å². The minimum Gasteiger partial charge on any atom is -0.325 e. The fraction of sp³-hybridized carbons (Fsp3) is 0.250. The zero-order valence-corrected chi connectivity index (χ0v) is 11.9. The Labute approximate surface area is 123 Å². The molecule has 2 aromatic rings. The number of benzene rings is 1. The summed E-state index contributed by atoms with van der Waals surface area (Å²) >= 11 is 0. The van der Waals surface area contributed by atoms with Crippen molar-refractivity contribution < 1.29 is 9.18 Å². The van der Waals surface area contributed by atoms with Gasteiger partial charge in [0.05, 0.1) is 6.54 Å². The summed E-state index contributed by atoms with van der Waals surface area (Å²) in [5.74, 6) is -0.517. The molecular formula is C16H18FN3O. The number of hydrogen-bond donors (Lipinski definition) is 1. The smallest absolute Gasteiger partial charge is 0.238 e. The number of anilines is 1. The number of aromatic nitrogens is 1. The first-order chi connectivity index (χ1) is 10.1. The van der Waals surface area contributed by atoms with Gasteiger partial charge in [0.15, 0.2) is 0 Å². The molecule has 5 heteroatoms. The van der Waals surface area contributed by atoms with Crippen molar-refractivity contribution in [1.82, 2.24) is 9.88 Å². The van der Waals surface area contributed by atoms with Crippen LogP contribution in [0, 0.1) is 5.82 Å². The van der Waals surface area contributed by atoms with Crippen molar-refractivity contribution in [3.63, 3.8) is 0 Å². The average Bonchev–Trinajstić information content (AvgIpc) is 2.46. The van der Waals surface area contributed by atoms with Crippen LogP contribution in [0.4, 0.5) is 10.1 Å². The lowest BCUT2D eigenvalue weighted by Crippen LogP contribution is -2.31. The molecule has 110 valence electrons. The van der Waals surface area contributed by atoms with E-state index in [4.69, 9.17) is 0 Å². The number of amides is 1. The summed E-state index contributed by atoms with van der Waals surface area (Å²) in [7, 11) is 1.88. The summed E-state index contributed by atoms with van der Waals surface area (Å²) in [5.41, 5.74) is 1.66. The van der Waals surface area contributed by atoms with Gasteiger partial charge in [-0.05, 0) is 49.4 Å². The average molecular weight is 287 g/mol. The van der Waals surface area contributed by atoms with E-state index >= 15 is 0 Å². The minimum atomic E-state index is -0.362. The van der Waals surface area contributed by atoms with Crippen molar-refractivity contribution >= 4 is 11.6 Å². The lowest BCUT2D eigenvalue weighted by Gasteiger charge is -2.16. The molecular weight excluding hydrogens is 269 g/mol. The maximum absolute atomic E-state index is 13.0. The molecule has 0 atom stereocenters. The van der Waals surface area contributed by atoms with E-state index < -0.39 is 0 Å². The number of hydrogen-bond acceptors (Lipinski definition) is 3. The summed E-state index contributed by atoms with van der Waals surface area (Å²) < 4.78 is 13.0. The van der Waals surface area contributed by atoms with E-state index in [1.54, 1.807) is 24.5 Å². The Morgan fingerprint density at radius 2 is 2.05 bits per heavy atom. The number of nitrogens with zero attached hydrogens (tertiary/aromatic N) is 2. The third-order valence-electron chi connectivity index (χ3n) is 3.05.